The smallest absolute Gasteiger partial charge is 0.230 e. The summed E-state index contributed by atoms with van der Waals surface area (Å²) in [7, 11) is 1.59. The minimum atomic E-state index is -0.0812. The summed E-state index contributed by atoms with van der Waals surface area (Å²) in [5, 5.41) is 0. The van der Waals surface area contributed by atoms with Gasteiger partial charge in [-0.2, -0.15) is 0 Å². The van der Waals surface area contributed by atoms with Crippen LogP contribution in [0.25, 0.3) is 0 Å². The van der Waals surface area contributed by atoms with Gasteiger partial charge in [0.1, 0.15) is 0 Å². The molecule has 1 aromatic rings. The number of Topliss-reactive ketones (excluding diaryl/α,β-unsaturated/α-hetero) is 1. The average molecular weight is 263 g/mol. The summed E-state index contributed by atoms with van der Waals surface area (Å²) in [6, 6.07) is 7.42. The molecule has 1 aliphatic rings. The van der Waals surface area contributed by atoms with E-state index in [1.165, 1.54) is 0 Å². The van der Waals surface area contributed by atoms with Gasteiger partial charge in [0.2, 0.25) is 5.91 Å². The highest BCUT2D eigenvalue weighted by Crippen LogP contribution is 2.25. The van der Waals surface area contributed by atoms with Crippen LogP contribution in [0.3, 0.4) is 0 Å². The molecule has 0 spiro atoms. The summed E-state index contributed by atoms with van der Waals surface area (Å²) in [5.74, 6) is 1.29. The van der Waals surface area contributed by atoms with E-state index in [0.29, 0.717) is 31.1 Å². The molecule has 1 aliphatic heterocycles. The first-order valence-corrected chi connectivity index (χ1v) is 6.26. The van der Waals surface area contributed by atoms with Crippen molar-refractivity contribution >= 4 is 11.7 Å². The Bertz CT molecular complexity index is 472. The zero-order valence-corrected chi connectivity index (χ0v) is 10.9. The fraction of sp³-hybridized carbons (Fsp3) is 0.429. The maximum Gasteiger partial charge on any atom is 0.230 e. The van der Waals surface area contributed by atoms with E-state index in [4.69, 9.17) is 9.47 Å². The van der Waals surface area contributed by atoms with Gasteiger partial charge in [0.05, 0.1) is 26.7 Å². The van der Waals surface area contributed by atoms with Crippen molar-refractivity contribution in [1.82, 2.24) is 4.90 Å². The third-order valence-corrected chi connectivity index (χ3v) is 2.97. The van der Waals surface area contributed by atoms with E-state index in [-0.39, 0.29) is 24.7 Å². The van der Waals surface area contributed by atoms with Gasteiger partial charge in [0.25, 0.3) is 0 Å². The predicted octanol–water partition coefficient (Wildman–Crippen LogP) is 1.27. The second kappa shape index (κ2) is 6.22. The van der Waals surface area contributed by atoms with Crippen molar-refractivity contribution in [2.45, 2.75) is 12.8 Å². The molecule has 0 radical (unpaired) electrons. The number of likely N-dealkylation sites (tertiary alicyclic amines) is 1. The number of rotatable bonds is 6. The standard InChI is InChI=1S/C14H17NO4/c1-18-12-5-2-3-6-13(12)19-8-4-7-15-10-11(16)9-14(15)17/h2-3,5-6H,4,7-10H2,1H3. The van der Waals surface area contributed by atoms with Gasteiger partial charge in [-0.3, -0.25) is 9.59 Å². The molecular weight excluding hydrogens is 246 g/mol. The maximum absolute atomic E-state index is 11.4. The quantitative estimate of drug-likeness (QED) is 0.573. The second-order valence-corrected chi connectivity index (χ2v) is 4.38. The molecule has 1 heterocycles. The number of amides is 1. The molecule has 0 bridgehead atoms. The summed E-state index contributed by atoms with van der Waals surface area (Å²) in [6.45, 7) is 1.28. The molecule has 2 rings (SSSR count). The van der Waals surface area contributed by atoms with Crippen molar-refractivity contribution in [3.63, 3.8) is 0 Å². The van der Waals surface area contributed by atoms with Crippen LogP contribution in [0.2, 0.25) is 0 Å². The van der Waals surface area contributed by atoms with Crippen LogP contribution < -0.4 is 9.47 Å². The average Bonchev–Trinajstić information content (AvgIpc) is 2.73. The number of ketones is 1. The Balaban J connectivity index is 1.75. The van der Waals surface area contributed by atoms with Crippen LogP contribution >= 0.6 is 0 Å². The first-order valence-electron chi connectivity index (χ1n) is 6.26. The molecule has 0 unspecified atom stereocenters. The fourth-order valence-electron chi connectivity index (χ4n) is 2.02. The van der Waals surface area contributed by atoms with Crippen LogP contribution in [0, 0.1) is 0 Å². The van der Waals surface area contributed by atoms with Gasteiger partial charge in [-0.15, -0.1) is 0 Å². The minimum absolute atomic E-state index is 0.00403. The number of benzene rings is 1. The maximum atomic E-state index is 11.4. The Labute approximate surface area is 112 Å². The minimum Gasteiger partial charge on any atom is -0.493 e. The lowest BCUT2D eigenvalue weighted by Crippen LogP contribution is -2.27. The molecule has 1 saturated heterocycles. The fourth-order valence-corrected chi connectivity index (χ4v) is 2.02. The van der Waals surface area contributed by atoms with Crippen molar-refractivity contribution in [3.8, 4) is 11.5 Å². The number of carbonyl (C=O) groups excluding carboxylic acids is 2. The van der Waals surface area contributed by atoms with E-state index in [0.717, 1.165) is 0 Å². The molecule has 0 saturated carbocycles. The normalized spacial score (nSPS) is 14.9. The number of methoxy groups -OCH3 is 1. The van der Waals surface area contributed by atoms with Gasteiger partial charge in [0.15, 0.2) is 17.3 Å². The van der Waals surface area contributed by atoms with Crippen molar-refractivity contribution in [1.29, 1.82) is 0 Å². The molecule has 19 heavy (non-hydrogen) atoms. The topological polar surface area (TPSA) is 55.8 Å². The predicted molar refractivity (Wildman–Crippen MR) is 69.3 cm³/mol. The number of para-hydroxylation sites is 2. The van der Waals surface area contributed by atoms with Crippen molar-refractivity contribution in [2.75, 3.05) is 26.8 Å². The zero-order chi connectivity index (χ0) is 13.7. The van der Waals surface area contributed by atoms with Gasteiger partial charge in [-0.05, 0) is 18.6 Å². The van der Waals surface area contributed by atoms with Crippen molar-refractivity contribution < 1.29 is 19.1 Å². The Morgan fingerprint density at radius 2 is 1.95 bits per heavy atom. The summed E-state index contributed by atoms with van der Waals surface area (Å²) in [6.07, 6.45) is 0.741. The molecule has 5 nitrogen and oxygen atoms in total. The SMILES string of the molecule is COc1ccccc1OCCCN1CC(=O)CC1=O. The molecular formula is C14H17NO4. The van der Waals surface area contributed by atoms with Gasteiger partial charge in [0, 0.05) is 6.54 Å². The highest BCUT2D eigenvalue weighted by molar-refractivity contribution is 6.05. The van der Waals surface area contributed by atoms with E-state index >= 15 is 0 Å². The molecule has 1 amide bonds. The summed E-state index contributed by atoms with van der Waals surface area (Å²) in [5.41, 5.74) is 0. The molecule has 0 atom stereocenters. The van der Waals surface area contributed by atoms with Crippen LogP contribution in [0.4, 0.5) is 0 Å². The Morgan fingerprint density at radius 3 is 2.58 bits per heavy atom. The Kier molecular flexibility index (Phi) is 4.39. The zero-order valence-electron chi connectivity index (χ0n) is 10.9. The van der Waals surface area contributed by atoms with E-state index in [2.05, 4.69) is 0 Å². The van der Waals surface area contributed by atoms with Gasteiger partial charge in [-0.1, -0.05) is 12.1 Å². The molecule has 5 heteroatoms. The van der Waals surface area contributed by atoms with Crippen molar-refractivity contribution in [2.24, 2.45) is 0 Å². The number of hydrogen-bond acceptors (Lipinski definition) is 4. The first-order chi connectivity index (χ1) is 9.20. The van der Waals surface area contributed by atoms with Crippen LogP contribution in [0.1, 0.15) is 12.8 Å². The number of ether oxygens (including phenoxy) is 2. The van der Waals surface area contributed by atoms with Crippen LogP contribution in [0.15, 0.2) is 24.3 Å². The van der Waals surface area contributed by atoms with E-state index in [9.17, 15) is 9.59 Å². The number of nitrogens with zero attached hydrogens (tertiary/aromatic N) is 1. The first kappa shape index (κ1) is 13.4. The van der Waals surface area contributed by atoms with E-state index in [1.54, 1.807) is 12.0 Å². The summed E-state index contributed by atoms with van der Waals surface area (Å²) in [4.78, 5) is 24.1. The van der Waals surface area contributed by atoms with E-state index < -0.39 is 0 Å². The van der Waals surface area contributed by atoms with Crippen LogP contribution in [-0.2, 0) is 9.59 Å². The van der Waals surface area contributed by atoms with Gasteiger partial charge in [-0.25, -0.2) is 0 Å². The number of carbonyl (C=O) groups is 2. The van der Waals surface area contributed by atoms with Crippen LogP contribution in [-0.4, -0.2) is 43.4 Å². The summed E-state index contributed by atoms with van der Waals surface area (Å²) < 4.78 is 10.8. The summed E-state index contributed by atoms with van der Waals surface area (Å²) >= 11 is 0. The Hall–Kier alpha value is -2.04. The third-order valence-electron chi connectivity index (χ3n) is 2.97. The molecule has 1 aromatic carbocycles. The molecule has 0 aliphatic carbocycles. The van der Waals surface area contributed by atoms with Crippen LogP contribution in [0.5, 0.6) is 11.5 Å². The van der Waals surface area contributed by atoms with Gasteiger partial charge < -0.3 is 14.4 Å². The molecule has 0 N–H and O–H groups in total. The van der Waals surface area contributed by atoms with Gasteiger partial charge >= 0.3 is 0 Å². The number of hydrogen-bond donors (Lipinski definition) is 0. The highest BCUT2D eigenvalue weighted by atomic mass is 16.5. The van der Waals surface area contributed by atoms with E-state index in [1.807, 2.05) is 24.3 Å². The molecule has 1 fully saturated rings. The largest absolute Gasteiger partial charge is 0.493 e. The Morgan fingerprint density at radius 1 is 1.21 bits per heavy atom. The highest BCUT2D eigenvalue weighted by Gasteiger charge is 2.26. The lowest BCUT2D eigenvalue weighted by molar-refractivity contribution is -0.127. The lowest BCUT2D eigenvalue weighted by Gasteiger charge is -2.15. The molecule has 0 aromatic heterocycles. The lowest BCUT2D eigenvalue weighted by atomic mass is 10.3. The monoisotopic (exact) mass is 263 g/mol. The van der Waals surface area contributed by atoms with Crippen molar-refractivity contribution in [3.05, 3.63) is 24.3 Å². The molecule has 102 valence electrons. The second-order valence-electron chi connectivity index (χ2n) is 4.38. The third kappa shape index (κ3) is 3.47.